The zero-order valence-corrected chi connectivity index (χ0v) is 13.4. The van der Waals surface area contributed by atoms with Crippen molar-refractivity contribution in [2.45, 2.75) is 19.4 Å². The molecule has 3 rings (SSSR count). The van der Waals surface area contributed by atoms with Crippen LogP contribution in [0.25, 0.3) is 0 Å². The predicted molar refractivity (Wildman–Crippen MR) is 89.2 cm³/mol. The van der Waals surface area contributed by atoms with E-state index < -0.39 is 23.9 Å². The van der Waals surface area contributed by atoms with E-state index in [9.17, 15) is 14.4 Å². The summed E-state index contributed by atoms with van der Waals surface area (Å²) < 4.78 is 5.60. The first-order valence-electron chi connectivity index (χ1n) is 7.61. The van der Waals surface area contributed by atoms with Crippen LogP contribution in [0.15, 0.2) is 42.6 Å². The molecule has 2 heterocycles. The molecule has 4 amide bonds. The number of imide groups is 1. The van der Waals surface area contributed by atoms with Gasteiger partial charge < -0.3 is 15.4 Å². The molecule has 8 heteroatoms. The van der Waals surface area contributed by atoms with Crippen molar-refractivity contribution < 1.29 is 19.1 Å². The fraction of sp³-hybridized carbons (Fsp3) is 0.176. The molecule has 0 radical (unpaired) electrons. The van der Waals surface area contributed by atoms with Crippen LogP contribution < -0.4 is 20.7 Å². The van der Waals surface area contributed by atoms with Crippen molar-refractivity contribution in [1.82, 2.24) is 15.6 Å². The van der Waals surface area contributed by atoms with Crippen LogP contribution >= 0.6 is 0 Å². The minimum Gasteiger partial charge on any atom is -0.439 e. The third-order valence-electron chi connectivity index (χ3n) is 3.51. The summed E-state index contributed by atoms with van der Waals surface area (Å²) in [6.07, 6.45) is 1.30. The average molecular weight is 340 g/mol. The second-order valence-electron chi connectivity index (χ2n) is 5.57. The summed E-state index contributed by atoms with van der Waals surface area (Å²) in [6.45, 7) is 1.99. The Kier molecular flexibility index (Phi) is 4.60. The fourth-order valence-electron chi connectivity index (χ4n) is 2.24. The van der Waals surface area contributed by atoms with E-state index in [0.29, 0.717) is 17.3 Å². The Hall–Kier alpha value is -3.42. The molecule has 2 aromatic rings. The van der Waals surface area contributed by atoms with E-state index in [4.69, 9.17) is 4.74 Å². The number of urea groups is 1. The number of anilines is 1. The number of aromatic nitrogens is 1. The molecule has 1 aromatic heterocycles. The van der Waals surface area contributed by atoms with Crippen LogP contribution in [0.4, 0.5) is 10.5 Å². The lowest BCUT2D eigenvalue weighted by atomic mass is 10.2. The van der Waals surface area contributed by atoms with E-state index in [1.807, 2.05) is 31.2 Å². The van der Waals surface area contributed by atoms with Crippen LogP contribution in [-0.4, -0.2) is 28.9 Å². The number of benzene rings is 1. The van der Waals surface area contributed by atoms with Crippen LogP contribution in [0.5, 0.6) is 11.6 Å². The molecule has 1 aliphatic heterocycles. The van der Waals surface area contributed by atoms with Gasteiger partial charge in [-0.1, -0.05) is 17.7 Å². The van der Waals surface area contributed by atoms with Gasteiger partial charge in [-0.15, -0.1) is 0 Å². The van der Waals surface area contributed by atoms with Crippen molar-refractivity contribution >= 4 is 23.5 Å². The van der Waals surface area contributed by atoms with Crippen molar-refractivity contribution in [2.24, 2.45) is 0 Å². The van der Waals surface area contributed by atoms with Crippen molar-refractivity contribution in [3.8, 4) is 11.6 Å². The summed E-state index contributed by atoms with van der Waals surface area (Å²) in [5.41, 5.74) is 1.59. The molecule has 0 aliphatic carbocycles. The first kappa shape index (κ1) is 16.4. The normalized spacial score (nSPS) is 16.1. The molecule has 0 saturated carbocycles. The van der Waals surface area contributed by atoms with Gasteiger partial charge in [0.1, 0.15) is 11.8 Å². The molecule has 25 heavy (non-hydrogen) atoms. The Balaban J connectivity index is 1.55. The highest BCUT2D eigenvalue weighted by molar-refractivity contribution is 6.06. The monoisotopic (exact) mass is 340 g/mol. The number of carbonyl (C=O) groups is 3. The number of hydrogen-bond donors (Lipinski definition) is 3. The summed E-state index contributed by atoms with van der Waals surface area (Å²) >= 11 is 0. The van der Waals surface area contributed by atoms with Crippen molar-refractivity contribution in [3.05, 3.63) is 48.2 Å². The summed E-state index contributed by atoms with van der Waals surface area (Å²) in [5.74, 6) is 0.138. The lowest BCUT2D eigenvalue weighted by Gasteiger charge is -2.09. The fourth-order valence-corrected chi connectivity index (χ4v) is 2.24. The smallest absolute Gasteiger partial charge is 0.322 e. The molecule has 1 saturated heterocycles. The van der Waals surface area contributed by atoms with Gasteiger partial charge in [0.15, 0.2) is 0 Å². The van der Waals surface area contributed by atoms with Gasteiger partial charge in [0.25, 0.3) is 5.91 Å². The molecule has 0 bridgehead atoms. The molecule has 0 unspecified atom stereocenters. The molecule has 1 aliphatic rings. The number of carbonyl (C=O) groups excluding carboxylic acids is 3. The molecular formula is C17H16N4O4. The number of pyridine rings is 1. The van der Waals surface area contributed by atoms with Crippen LogP contribution in [0.3, 0.4) is 0 Å². The number of rotatable bonds is 5. The molecule has 8 nitrogen and oxygen atoms in total. The topological polar surface area (TPSA) is 109 Å². The van der Waals surface area contributed by atoms with Gasteiger partial charge in [-0.2, -0.15) is 0 Å². The maximum atomic E-state index is 11.9. The largest absolute Gasteiger partial charge is 0.439 e. The first-order valence-corrected chi connectivity index (χ1v) is 7.61. The van der Waals surface area contributed by atoms with E-state index in [2.05, 4.69) is 20.9 Å². The maximum Gasteiger partial charge on any atom is 0.322 e. The highest BCUT2D eigenvalue weighted by Crippen LogP contribution is 2.20. The molecule has 128 valence electrons. The molecule has 0 spiro atoms. The average Bonchev–Trinajstić information content (AvgIpc) is 2.89. The minimum absolute atomic E-state index is 0.154. The van der Waals surface area contributed by atoms with Gasteiger partial charge in [0.2, 0.25) is 11.8 Å². The second kappa shape index (κ2) is 7.00. The van der Waals surface area contributed by atoms with Crippen molar-refractivity contribution in [1.29, 1.82) is 0 Å². The third-order valence-corrected chi connectivity index (χ3v) is 3.51. The zero-order valence-electron chi connectivity index (χ0n) is 13.4. The van der Waals surface area contributed by atoms with Crippen molar-refractivity contribution in [3.63, 3.8) is 0 Å². The number of amides is 4. The first-order chi connectivity index (χ1) is 12.0. The summed E-state index contributed by atoms with van der Waals surface area (Å²) in [5, 5.41) is 7.05. The maximum absolute atomic E-state index is 11.9. The summed E-state index contributed by atoms with van der Waals surface area (Å²) in [6, 6.07) is 9.36. The Morgan fingerprint density at radius 2 is 1.96 bits per heavy atom. The van der Waals surface area contributed by atoms with Gasteiger partial charge in [-0.05, 0) is 25.1 Å². The summed E-state index contributed by atoms with van der Waals surface area (Å²) in [4.78, 5) is 38.5. The van der Waals surface area contributed by atoms with E-state index in [0.717, 1.165) is 5.56 Å². The predicted octanol–water partition coefficient (Wildman–Crippen LogP) is 1.72. The quantitative estimate of drug-likeness (QED) is 0.718. The number of ether oxygens (including phenoxy) is 1. The zero-order chi connectivity index (χ0) is 17.8. The standard InChI is InChI=1S/C17H16N4O4/c1-10-2-5-12(6-3-10)25-15-7-4-11(9-18-15)19-14(22)8-13-16(23)21-17(24)20-13/h2-7,9,13H,8H2,1H3,(H,19,22)(H2,20,21,23,24)/t13-/m0/s1. The van der Waals surface area contributed by atoms with Crippen LogP contribution in [0.2, 0.25) is 0 Å². The van der Waals surface area contributed by atoms with E-state index in [1.54, 1.807) is 12.1 Å². The molecular weight excluding hydrogens is 324 g/mol. The number of nitrogens with zero attached hydrogens (tertiary/aromatic N) is 1. The molecule has 1 aromatic carbocycles. The Morgan fingerprint density at radius 3 is 2.56 bits per heavy atom. The SMILES string of the molecule is Cc1ccc(Oc2ccc(NC(=O)C[C@@H]3NC(=O)NC3=O)cn2)cc1. The van der Waals surface area contributed by atoms with E-state index >= 15 is 0 Å². The third kappa shape index (κ3) is 4.31. The van der Waals surface area contributed by atoms with Gasteiger partial charge >= 0.3 is 6.03 Å². The van der Waals surface area contributed by atoms with Gasteiger partial charge in [0.05, 0.1) is 18.3 Å². The lowest BCUT2D eigenvalue weighted by molar-refractivity contribution is -0.124. The van der Waals surface area contributed by atoms with Crippen LogP contribution in [0, 0.1) is 6.92 Å². The van der Waals surface area contributed by atoms with Gasteiger partial charge in [-0.25, -0.2) is 9.78 Å². The Labute approximate surface area is 143 Å². The Morgan fingerprint density at radius 1 is 1.20 bits per heavy atom. The van der Waals surface area contributed by atoms with Gasteiger partial charge in [0, 0.05) is 6.07 Å². The number of aryl methyl sites for hydroxylation is 1. The number of nitrogens with one attached hydrogen (secondary N) is 3. The summed E-state index contributed by atoms with van der Waals surface area (Å²) in [7, 11) is 0. The minimum atomic E-state index is -0.857. The van der Waals surface area contributed by atoms with Crippen molar-refractivity contribution in [2.75, 3.05) is 5.32 Å². The highest BCUT2D eigenvalue weighted by Gasteiger charge is 2.31. The van der Waals surface area contributed by atoms with Gasteiger partial charge in [-0.3, -0.25) is 14.9 Å². The number of hydrogen-bond acceptors (Lipinski definition) is 5. The highest BCUT2D eigenvalue weighted by atomic mass is 16.5. The van der Waals surface area contributed by atoms with E-state index in [-0.39, 0.29) is 6.42 Å². The van der Waals surface area contributed by atoms with Crippen LogP contribution in [0.1, 0.15) is 12.0 Å². The molecule has 1 fully saturated rings. The molecule has 3 N–H and O–H groups in total. The second-order valence-corrected chi connectivity index (χ2v) is 5.57. The van der Waals surface area contributed by atoms with Crippen LogP contribution in [-0.2, 0) is 9.59 Å². The lowest BCUT2D eigenvalue weighted by Crippen LogP contribution is -2.33. The van der Waals surface area contributed by atoms with E-state index in [1.165, 1.54) is 6.20 Å². The Bertz CT molecular complexity index is 802. The molecule has 1 atom stereocenters.